The largest absolute Gasteiger partial charge is 0.355 e. The van der Waals surface area contributed by atoms with Crippen LogP contribution in [0.4, 0.5) is 0 Å². The lowest BCUT2D eigenvalue weighted by Gasteiger charge is -1.89. The molecule has 1 aromatic heterocycles. The minimum absolute atomic E-state index is 0.122. The normalized spacial score (nSPS) is 9.00. The zero-order valence-corrected chi connectivity index (χ0v) is 5.01. The molecule has 0 aliphatic rings. The van der Waals surface area contributed by atoms with Crippen LogP contribution in [-0.4, -0.2) is 23.2 Å². The number of nitrogens with zero attached hydrogens (tertiary/aromatic N) is 1. The molecule has 4 heteroatoms. The molecule has 1 heterocycles. The highest BCUT2D eigenvalue weighted by atomic mass is 16.1. The molecule has 0 aliphatic carbocycles. The summed E-state index contributed by atoms with van der Waals surface area (Å²) >= 11 is 0. The Labute approximate surface area is 52.3 Å². The SMILES string of the molecule is CNC(=O)c1cn[nH]c1. The van der Waals surface area contributed by atoms with E-state index in [-0.39, 0.29) is 5.91 Å². The number of carbonyl (C=O) groups is 1. The predicted molar refractivity (Wildman–Crippen MR) is 32.0 cm³/mol. The van der Waals surface area contributed by atoms with Crippen LogP contribution in [0.3, 0.4) is 0 Å². The van der Waals surface area contributed by atoms with E-state index >= 15 is 0 Å². The van der Waals surface area contributed by atoms with Gasteiger partial charge < -0.3 is 5.32 Å². The molecule has 0 atom stereocenters. The second-order valence-corrected chi connectivity index (χ2v) is 1.57. The quantitative estimate of drug-likeness (QED) is 0.544. The van der Waals surface area contributed by atoms with Crippen molar-refractivity contribution in [3.05, 3.63) is 18.0 Å². The Morgan fingerprint density at radius 3 is 3.11 bits per heavy atom. The van der Waals surface area contributed by atoms with Crippen LogP contribution in [0.25, 0.3) is 0 Å². The molecule has 2 N–H and O–H groups in total. The van der Waals surface area contributed by atoms with Crippen LogP contribution in [-0.2, 0) is 0 Å². The second kappa shape index (κ2) is 2.30. The highest BCUT2D eigenvalue weighted by Crippen LogP contribution is 1.90. The summed E-state index contributed by atoms with van der Waals surface area (Å²) in [4.78, 5) is 10.7. The molecule has 0 bridgehead atoms. The predicted octanol–water partition coefficient (Wildman–Crippen LogP) is -0.231. The fourth-order valence-corrected chi connectivity index (χ4v) is 0.519. The van der Waals surface area contributed by atoms with Crippen LogP contribution < -0.4 is 5.32 Å². The maximum Gasteiger partial charge on any atom is 0.254 e. The van der Waals surface area contributed by atoms with E-state index in [0.717, 1.165) is 0 Å². The van der Waals surface area contributed by atoms with E-state index in [4.69, 9.17) is 0 Å². The van der Waals surface area contributed by atoms with Crippen LogP contribution in [0.1, 0.15) is 10.4 Å². The first-order valence-corrected chi connectivity index (χ1v) is 2.55. The summed E-state index contributed by atoms with van der Waals surface area (Å²) in [6.07, 6.45) is 3.01. The number of carbonyl (C=O) groups excluding carboxylic acids is 1. The van der Waals surface area contributed by atoms with E-state index in [2.05, 4.69) is 15.5 Å². The van der Waals surface area contributed by atoms with Crippen molar-refractivity contribution in [1.82, 2.24) is 15.5 Å². The van der Waals surface area contributed by atoms with Gasteiger partial charge in [-0.2, -0.15) is 5.10 Å². The van der Waals surface area contributed by atoms with E-state index < -0.39 is 0 Å². The third kappa shape index (κ3) is 1.07. The Morgan fingerprint density at radius 1 is 1.89 bits per heavy atom. The van der Waals surface area contributed by atoms with Crippen molar-refractivity contribution in [3.8, 4) is 0 Å². The zero-order valence-electron chi connectivity index (χ0n) is 5.01. The van der Waals surface area contributed by atoms with Crippen molar-refractivity contribution in [2.75, 3.05) is 7.05 Å². The van der Waals surface area contributed by atoms with Gasteiger partial charge >= 0.3 is 0 Å². The number of rotatable bonds is 1. The minimum Gasteiger partial charge on any atom is -0.355 e. The van der Waals surface area contributed by atoms with E-state index in [1.807, 2.05) is 0 Å². The van der Waals surface area contributed by atoms with Crippen molar-refractivity contribution >= 4 is 5.91 Å². The van der Waals surface area contributed by atoms with Gasteiger partial charge in [0.1, 0.15) is 0 Å². The first-order valence-electron chi connectivity index (χ1n) is 2.55. The third-order valence-electron chi connectivity index (χ3n) is 0.987. The molecule has 0 radical (unpaired) electrons. The zero-order chi connectivity index (χ0) is 6.69. The molecule has 1 amide bonds. The summed E-state index contributed by atoms with van der Waals surface area (Å²) in [5, 5.41) is 8.61. The highest BCUT2D eigenvalue weighted by molar-refractivity contribution is 5.93. The Bertz CT molecular complexity index is 192. The smallest absolute Gasteiger partial charge is 0.254 e. The van der Waals surface area contributed by atoms with Crippen LogP contribution in [0.5, 0.6) is 0 Å². The fraction of sp³-hybridized carbons (Fsp3) is 0.200. The lowest BCUT2D eigenvalue weighted by molar-refractivity contribution is 0.0963. The molecular weight excluding hydrogens is 118 g/mol. The van der Waals surface area contributed by atoms with Gasteiger partial charge in [-0.05, 0) is 0 Å². The molecule has 0 unspecified atom stereocenters. The van der Waals surface area contributed by atoms with Crippen LogP contribution in [0.15, 0.2) is 12.4 Å². The Kier molecular flexibility index (Phi) is 1.48. The van der Waals surface area contributed by atoms with Crippen molar-refractivity contribution in [2.24, 2.45) is 0 Å². The van der Waals surface area contributed by atoms with Gasteiger partial charge in [0.15, 0.2) is 0 Å². The summed E-state index contributed by atoms with van der Waals surface area (Å²) in [5.41, 5.74) is 0.553. The molecule has 9 heavy (non-hydrogen) atoms. The molecule has 48 valence electrons. The van der Waals surface area contributed by atoms with Gasteiger partial charge in [-0.15, -0.1) is 0 Å². The number of H-pyrrole nitrogens is 1. The molecule has 0 saturated heterocycles. The summed E-state index contributed by atoms with van der Waals surface area (Å²) < 4.78 is 0. The standard InChI is InChI=1S/C5H7N3O/c1-6-5(9)4-2-7-8-3-4/h2-3H,1H3,(H,6,9)(H,7,8). The maximum atomic E-state index is 10.7. The van der Waals surface area contributed by atoms with E-state index in [0.29, 0.717) is 5.56 Å². The first-order chi connectivity index (χ1) is 4.34. The molecular formula is C5H7N3O. The summed E-state index contributed by atoms with van der Waals surface area (Å²) in [5.74, 6) is -0.122. The molecule has 1 rings (SSSR count). The molecule has 1 aromatic rings. The van der Waals surface area contributed by atoms with Crippen molar-refractivity contribution in [2.45, 2.75) is 0 Å². The van der Waals surface area contributed by atoms with E-state index in [9.17, 15) is 4.79 Å². The number of aromatic amines is 1. The van der Waals surface area contributed by atoms with Gasteiger partial charge in [0, 0.05) is 13.2 Å². The van der Waals surface area contributed by atoms with Crippen LogP contribution >= 0.6 is 0 Å². The topological polar surface area (TPSA) is 57.8 Å². The average molecular weight is 125 g/mol. The van der Waals surface area contributed by atoms with Crippen molar-refractivity contribution in [1.29, 1.82) is 0 Å². The monoisotopic (exact) mass is 125 g/mol. The van der Waals surface area contributed by atoms with Crippen molar-refractivity contribution < 1.29 is 4.79 Å². The number of hydrogen-bond acceptors (Lipinski definition) is 2. The molecule has 4 nitrogen and oxygen atoms in total. The van der Waals surface area contributed by atoms with Crippen LogP contribution in [0, 0.1) is 0 Å². The van der Waals surface area contributed by atoms with Gasteiger partial charge in [0.25, 0.3) is 5.91 Å². The van der Waals surface area contributed by atoms with Gasteiger partial charge in [0.05, 0.1) is 11.8 Å². The Balaban J connectivity index is 2.77. The number of amides is 1. The molecule has 0 spiro atoms. The summed E-state index contributed by atoms with van der Waals surface area (Å²) in [7, 11) is 1.58. The van der Waals surface area contributed by atoms with E-state index in [1.54, 1.807) is 13.2 Å². The van der Waals surface area contributed by atoms with Gasteiger partial charge in [-0.3, -0.25) is 9.89 Å². The summed E-state index contributed by atoms with van der Waals surface area (Å²) in [6, 6.07) is 0. The third-order valence-corrected chi connectivity index (χ3v) is 0.987. The van der Waals surface area contributed by atoms with Gasteiger partial charge in [-0.1, -0.05) is 0 Å². The van der Waals surface area contributed by atoms with Gasteiger partial charge in [-0.25, -0.2) is 0 Å². The lowest BCUT2D eigenvalue weighted by Crippen LogP contribution is -2.16. The number of nitrogens with one attached hydrogen (secondary N) is 2. The Morgan fingerprint density at radius 2 is 2.67 bits per heavy atom. The molecule has 0 aromatic carbocycles. The summed E-state index contributed by atoms with van der Waals surface area (Å²) in [6.45, 7) is 0. The first kappa shape index (κ1) is 5.81. The van der Waals surface area contributed by atoms with Crippen LogP contribution in [0.2, 0.25) is 0 Å². The maximum absolute atomic E-state index is 10.7. The Hall–Kier alpha value is -1.32. The van der Waals surface area contributed by atoms with Crippen molar-refractivity contribution in [3.63, 3.8) is 0 Å². The van der Waals surface area contributed by atoms with E-state index in [1.165, 1.54) is 6.20 Å². The lowest BCUT2D eigenvalue weighted by atomic mass is 10.3. The second-order valence-electron chi connectivity index (χ2n) is 1.57. The number of aromatic nitrogens is 2. The average Bonchev–Trinajstić information content (AvgIpc) is 2.37. The highest BCUT2D eigenvalue weighted by Gasteiger charge is 2.00. The number of hydrogen-bond donors (Lipinski definition) is 2. The fourth-order valence-electron chi connectivity index (χ4n) is 0.519. The molecule has 0 saturated carbocycles. The minimum atomic E-state index is -0.122. The van der Waals surface area contributed by atoms with Gasteiger partial charge in [0.2, 0.25) is 0 Å². The molecule has 0 aliphatic heterocycles. The molecule has 0 fully saturated rings.